The van der Waals surface area contributed by atoms with Crippen LogP contribution >= 0.6 is 0 Å². The molecule has 0 saturated heterocycles. The fraction of sp³-hybridized carbons (Fsp3) is 0. The van der Waals surface area contributed by atoms with Gasteiger partial charge < -0.3 is 12.3 Å². The van der Waals surface area contributed by atoms with Gasteiger partial charge in [-0.3, -0.25) is 4.55 Å². The zero-order valence-corrected chi connectivity index (χ0v) is 16.1. The Morgan fingerprint density at radius 2 is 1.60 bits per heavy atom. The fourth-order valence-corrected chi connectivity index (χ4v) is 2.97. The molecule has 0 aliphatic carbocycles. The Balaban J connectivity index is 0.00000169. The normalized spacial score (nSPS) is 11.6. The van der Waals surface area contributed by atoms with Crippen molar-refractivity contribution in [2.45, 2.75) is 4.90 Å². The minimum Gasteiger partial charge on any atom is -1.00 e. The minimum absolute atomic E-state index is 0. The maximum Gasteiger partial charge on any atom is 1.00 e. The molecule has 3 rings (SSSR count). The molecular weight excluding hydrogens is 353 g/mol. The SMILES string of the molecule is Nc1ccc(N=Nc2ccc3c(S(=O)(=O)O)cccc3c2O)cc1.[H-].[Na+]. The fourth-order valence-electron chi connectivity index (χ4n) is 2.26. The number of rotatable bonds is 3. The topological polar surface area (TPSA) is 125 Å². The summed E-state index contributed by atoms with van der Waals surface area (Å²) in [6.07, 6.45) is 0. The summed E-state index contributed by atoms with van der Waals surface area (Å²) in [4.78, 5) is -0.280. The molecule has 0 radical (unpaired) electrons. The predicted octanol–water partition coefficient (Wildman–Crippen LogP) is 0.906. The second-order valence-electron chi connectivity index (χ2n) is 5.05. The smallest absolute Gasteiger partial charge is 1.00 e. The number of anilines is 1. The molecule has 0 aromatic heterocycles. The summed E-state index contributed by atoms with van der Waals surface area (Å²) >= 11 is 0. The number of nitrogens with zero attached hydrogens (tertiary/aromatic N) is 2. The van der Waals surface area contributed by atoms with Crippen LogP contribution in [0, 0.1) is 0 Å². The Labute approximate surface area is 167 Å². The molecule has 0 amide bonds. The maximum absolute atomic E-state index is 11.4. The molecule has 4 N–H and O–H groups in total. The number of aromatic hydroxyl groups is 1. The number of hydrogen-bond acceptors (Lipinski definition) is 6. The average Bonchev–Trinajstić information content (AvgIpc) is 2.54. The van der Waals surface area contributed by atoms with Gasteiger partial charge in [0.2, 0.25) is 0 Å². The number of fused-ring (bicyclic) bond motifs is 1. The summed E-state index contributed by atoms with van der Waals surface area (Å²) in [6.45, 7) is 0. The van der Waals surface area contributed by atoms with Crippen molar-refractivity contribution in [2.75, 3.05) is 5.73 Å². The van der Waals surface area contributed by atoms with Crippen LogP contribution in [0.1, 0.15) is 1.43 Å². The summed E-state index contributed by atoms with van der Waals surface area (Å²) in [5.74, 6) is -0.225. The van der Waals surface area contributed by atoms with Gasteiger partial charge in [0.05, 0.1) is 5.69 Å². The first kappa shape index (κ1) is 19.4. The summed E-state index contributed by atoms with van der Waals surface area (Å²) in [5, 5.41) is 18.7. The number of azo groups is 1. The van der Waals surface area contributed by atoms with Gasteiger partial charge in [-0.05, 0) is 36.4 Å². The van der Waals surface area contributed by atoms with Crippen LogP contribution in [0.2, 0.25) is 0 Å². The molecule has 124 valence electrons. The van der Waals surface area contributed by atoms with Crippen LogP contribution in [0.4, 0.5) is 17.1 Å². The standard InChI is InChI=1S/C16H13N3O4S.Na.H/c17-10-4-6-11(7-5-10)18-19-14-9-8-12-13(16(14)20)2-1-3-15(12)24(21,22)23;;/h1-9,20H,17H2,(H,21,22,23);;/q;+1;-1. The third kappa shape index (κ3) is 4.17. The van der Waals surface area contributed by atoms with E-state index in [9.17, 15) is 18.1 Å². The Bertz CT molecular complexity index is 1060. The number of phenols is 1. The quantitative estimate of drug-likeness (QED) is 0.275. The zero-order valence-electron chi connectivity index (χ0n) is 14.3. The molecule has 25 heavy (non-hydrogen) atoms. The molecule has 0 unspecified atom stereocenters. The van der Waals surface area contributed by atoms with E-state index in [1.165, 1.54) is 30.3 Å². The van der Waals surface area contributed by atoms with E-state index in [4.69, 9.17) is 5.73 Å². The summed E-state index contributed by atoms with van der Waals surface area (Å²) in [6, 6.07) is 13.8. The van der Waals surface area contributed by atoms with Crippen LogP contribution < -0.4 is 35.3 Å². The molecule has 0 aliphatic rings. The van der Waals surface area contributed by atoms with Crippen LogP contribution in [0.5, 0.6) is 5.75 Å². The molecule has 0 fully saturated rings. The van der Waals surface area contributed by atoms with Gasteiger partial charge in [-0.25, -0.2) is 0 Å². The van der Waals surface area contributed by atoms with Crippen LogP contribution in [-0.2, 0) is 10.1 Å². The van der Waals surface area contributed by atoms with E-state index in [1.54, 1.807) is 24.3 Å². The van der Waals surface area contributed by atoms with Crippen LogP contribution in [0.25, 0.3) is 10.8 Å². The Hall–Kier alpha value is -1.97. The van der Waals surface area contributed by atoms with Crippen molar-refractivity contribution < 1.29 is 49.1 Å². The summed E-state index contributed by atoms with van der Waals surface area (Å²) in [5.41, 5.74) is 6.91. The molecule has 9 heteroatoms. The third-order valence-corrected chi connectivity index (χ3v) is 4.33. The van der Waals surface area contributed by atoms with Crippen LogP contribution in [0.3, 0.4) is 0 Å². The first-order valence-corrected chi connectivity index (χ1v) is 8.30. The Morgan fingerprint density at radius 1 is 0.920 bits per heavy atom. The Morgan fingerprint density at radius 3 is 2.24 bits per heavy atom. The average molecular weight is 367 g/mol. The van der Waals surface area contributed by atoms with Gasteiger partial charge >= 0.3 is 29.6 Å². The Kier molecular flexibility index (Phi) is 5.81. The van der Waals surface area contributed by atoms with E-state index in [2.05, 4.69) is 10.2 Å². The first-order chi connectivity index (χ1) is 11.4. The zero-order chi connectivity index (χ0) is 17.3. The van der Waals surface area contributed by atoms with Crippen molar-refractivity contribution in [2.24, 2.45) is 10.2 Å². The first-order valence-electron chi connectivity index (χ1n) is 6.86. The van der Waals surface area contributed by atoms with E-state index in [0.717, 1.165) is 0 Å². The second kappa shape index (κ2) is 7.51. The van der Waals surface area contributed by atoms with Gasteiger partial charge in [0.15, 0.2) is 5.75 Å². The minimum atomic E-state index is -4.40. The third-order valence-electron chi connectivity index (χ3n) is 3.42. The molecule has 0 heterocycles. The second-order valence-corrected chi connectivity index (χ2v) is 6.44. The van der Waals surface area contributed by atoms with Gasteiger partial charge in [0.1, 0.15) is 10.6 Å². The van der Waals surface area contributed by atoms with Crippen molar-refractivity contribution in [3.63, 3.8) is 0 Å². The van der Waals surface area contributed by atoms with Crippen molar-refractivity contribution in [3.05, 3.63) is 54.6 Å². The summed E-state index contributed by atoms with van der Waals surface area (Å²) in [7, 11) is -4.40. The van der Waals surface area contributed by atoms with Gasteiger partial charge in [-0.2, -0.15) is 13.5 Å². The number of benzene rings is 3. The van der Waals surface area contributed by atoms with Crippen molar-refractivity contribution in [1.29, 1.82) is 0 Å². The summed E-state index contributed by atoms with van der Waals surface area (Å²) < 4.78 is 32.1. The van der Waals surface area contributed by atoms with Gasteiger partial charge in [-0.1, -0.05) is 18.2 Å². The van der Waals surface area contributed by atoms with Crippen LogP contribution in [-0.4, -0.2) is 18.1 Å². The van der Waals surface area contributed by atoms with E-state index >= 15 is 0 Å². The number of nitrogens with two attached hydrogens (primary N) is 1. The number of hydrogen-bond donors (Lipinski definition) is 3. The molecule has 0 spiro atoms. The van der Waals surface area contributed by atoms with Crippen molar-refractivity contribution >= 4 is 38.0 Å². The predicted molar refractivity (Wildman–Crippen MR) is 91.6 cm³/mol. The van der Waals surface area contributed by atoms with E-state index in [0.29, 0.717) is 11.4 Å². The number of nitrogen functional groups attached to an aromatic ring is 1. The molecule has 7 nitrogen and oxygen atoms in total. The number of phenolic OH excluding ortho intramolecular Hbond substituents is 1. The molecule has 0 aliphatic heterocycles. The molecule has 0 saturated carbocycles. The van der Waals surface area contributed by atoms with E-state index in [-0.39, 0.29) is 58.1 Å². The van der Waals surface area contributed by atoms with E-state index in [1.807, 2.05) is 0 Å². The molecule has 0 atom stereocenters. The molecular formula is C16H14N3NaO4S. The van der Waals surface area contributed by atoms with Gasteiger partial charge in [-0.15, -0.1) is 5.11 Å². The molecule has 3 aromatic rings. The molecule has 0 bridgehead atoms. The monoisotopic (exact) mass is 367 g/mol. The van der Waals surface area contributed by atoms with Crippen molar-refractivity contribution in [3.8, 4) is 5.75 Å². The van der Waals surface area contributed by atoms with Crippen LogP contribution in [0.15, 0.2) is 69.7 Å². The largest absolute Gasteiger partial charge is 1.00 e. The van der Waals surface area contributed by atoms with Gasteiger partial charge in [0, 0.05) is 16.5 Å². The van der Waals surface area contributed by atoms with Crippen molar-refractivity contribution in [1.82, 2.24) is 0 Å². The van der Waals surface area contributed by atoms with Gasteiger partial charge in [0.25, 0.3) is 10.1 Å². The maximum atomic E-state index is 11.4. The van der Waals surface area contributed by atoms with E-state index < -0.39 is 10.1 Å². The molecule has 3 aromatic carbocycles.